The molecule has 4 rings (SSSR count). The van der Waals surface area contributed by atoms with Crippen molar-refractivity contribution in [3.05, 3.63) is 36.3 Å². The summed E-state index contributed by atoms with van der Waals surface area (Å²) >= 11 is 0. The highest BCUT2D eigenvalue weighted by molar-refractivity contribution is 7.89. The van der Waals surface area contributed by atoms with Crippen molar-refractivity contribution in [3.63, 3.8) is 0 Å². The van der Waals surface area contributed by atoms with Gasteiger partial charge in [0.25, 0.3) is 0 Å². The minimum Gasteiger partial charge on any atom is -0.367 e. The fourth-order valence-corrected chi connectivity index (χ4v) is 5.36. The SMILES string of the molecule is Cn1cc(C2(C)CN(c3ccc(S(=O)(=O)N4CCCCC4)cn3)CCO2)cn1. The van der Waals surface area contributed by atoms with E-state index in [0.29, 0.717) is 32.8 Å². The van der Waals surface area contributed by atoms with Gasteiger partial charge in [-0.3, -0.25) is 4.68 Å². The summed E-state index contributed by atoms with van der Waals surface area (Å²) in [6.45, 7) is 5.14. The van der Waals surface area contributed by atoms with Crippen molar-refractivity contribution in [3.8, 4) is 0 Å². The van der Waals surface area contributed by atoms with E-state index in [1.807, 2.05) is 26.4 Å². The third kappa shape index (κ3) is 3.66. The van der Waals surface area contributed by atoms with Crippen molar-refractivity contribution < 1.29 is 13.2 Å². The van der Waals surface area contributed by atoms with Crippen molar-refractivity contribution in [2.45, 2.75) is 36.7 Å². The number of anilines is 1. The Morgan fingerprint density at radius 3 is 2.54 bits per heavy atom. The summed E-state index contributed by atoms with van der Waals surface area (Å²) in [5.41, 5.74) is 0.538. The number of aromatic nitrogens is 3. The summed E-state index contributed by atoms with van der Waals surface area (Å²) in [6.07, 6.45) is 8.21. The number of morpholine rings is 1. The number of nitrogens with zero attached hydrogens (tertiary/aromatic N) is 5. The fourth-order valence-electron chi connectivity index (χ4n) is 3.90. The molecule has 0 spiro atoms. The van der Waals surface area contributed by atoms with Crippen LogP contribution in [0.3, 0.4) is 0 Å². The molecular weight excluding hydrogens is 378 g/mol. The van der Waals surface area contributed by atoms with Gasteiger partial charge in [-0.1, -0.05) is 6.42 Å². The Bertz CT molecular complexity index is 921. The molecule has 0 aromatic carbocycles. The van der Waals surface area contributed by atoms with Crippen molar-refractivity contribution in [2.75, 3.05) is 37.7 Å². The standard InChI is InChI=1S/C19H27N5O3S/c1-19(16-12-21-22(2)14-16)15-23(10-11-27-19)18-7-6-17(13-20-18)28(25,26)24-8-4-3-5-9-24/h6-7,12-14H,3-5,8-11,15H2,1-2H3. The molecule has 2 aliphatic heterocycles. The number of hydrogen-bond donors (Lipinski definition) is 0. The van der Waals surface area contributed by atoms with E-state index in [4.69, 9.17) is 4.74 Å². The van der Waals surface area contributed by atoms with Gasteiger partial charge in [-0.2, -0.15) is 9.40 Å². The van der Waals surface area contributed by atoms with E-state index in [2.05, 4.69) is 15.0 Å². The van der Waals surface area contributed by atoms with Gasteiger partial charge in [0.1, 0.15) is 16.3 Å². The minimum absolute atomic E-state index is 0.265. The maximum Gasteiger partial charge on any atom is 0.244 e. The van der Waals surface area contributed by atoms with Crippen LogP contribution in [0, 0.1) is 0 Å². The molecule has 0 amide bonds. The van der Waals surface area contributed by atoms with Crippen LogP contribution in [0.15, 0.2) is 35.6 Å². The molecule has 9 heteroatoms. The molecule has 152 valence electrons. The van der Waals surface area contributed by atoms with Gasteiger partial charge in [0.15, 0.2) is 0 Å². The first kappa shape index (κ1) is 19.4. The lowest BCUT2D eigenvalue weighted by molar-refractivity contribution is -0.0468. The van der Waals surface area contributed by atoms with Gasteiger partial charge in [-0.05, 0) is 31.9 Å². The molecule has 0 aliphatic carbocycles. The van der Waals surface area contributed by atoms with Crippen molar-refractivity contribution >= 4 is 15.8 Å². The number of piperidine rings is 1. The van der Waals surface area contributed by atoms with E-state index in [1.165, 1.54) is 6.20 Å². The lowest BCUT2D eigenvalue weighted by Crippen LogP contribution is -2.48. The second-order valence-corrected chi connectivity index (χ2v) is 9.66. The molecule has 0 saturated carbocycles. The van der Waals surface area contributed by atoms with Crippen LogP contribution >= 0.6 is 0 Å². The van der Waals surface area contributed by atoms with Gasteiger partial charge in [-0.25, -0.2) is 13.4 Å². The monoisotopic (exact) mass is 405 g/mol. The van der Waals surface area contributed by atoms with Crippen molar-refractivity contribution in [1.82, 2.24) is 19.1 Å². The molecule has 1 unspecified atom stereocenters. The Morgan fingerprint density at radius 2 is 1.89 bits per heavy atom. The third-order valence-electron chi connectivity index (χ3n) is 5.59. The lowest BCUT2D eigenvalue weighted by Gasteiger charge is -2.40. The molecule has 2 aliphatic rings. The summed E-state index contributed by atoms with van der Waals surface area (Å²) in [5, 5.41) is 4.25. The quantitative estimate of drug-likeness (QED) is 0.771. The Hall–Kier alpha value is -1.97. The van der Waals surface area contributed by atoms with E-state index >= 15 is 0 Å². The largest absolute Gasteiger partial charge is 0.367 e. The summed E-state index contributed by atoms with van der Waals surface area (Å²) in [6, 6.07) is 3.47. The van der Waals surface area contributed by atoms with Gasteiger partial charge in [0.2, 0.25) is 10.0 Å². The summed E-state index contributed by atoms with van der Waals surface area (Å²) in [5.74, 6) is 0.760. The summed E-state index contributed by atoms with van der Waals surface area (Å²) in [7, 11) is -1.57. The van der Waals surface area contributed by atoms with E-state index in [1.54, 1.807) is 21.1 Å². The van der Waals surface area contributed by atoms with E-state index in [0.717, 1.165) is 30.6 Å². The number of rotatable bonds is 4. The van der Waals surface area contributed by atoms with Crippen LogP contribution in [0.1, 0.15) is 31.7 Å². The average molecular weight is 406 g/mol. The van der Waals surface area contributed by atoms with Crippen LogP contribution in [-0.2, 0) is 27.4 Å². The highest BCUT2D eigenvalue weighted by atomic mass is 32.2. The average Bonchev–Trinajstić information content (AvgIpc) is 3.16. The fraction of sp³-hybridized carbons (Fsp3) is 0.579. The number of hydrogen-bond acceptors (Lipinski definition) is 6. The highest BCUT2D eigenvalue weighted by Gasteiger charge is 2.35. The van der Waals surface area contributed by atoms with E-state index in [-0.39, 0.29) is 4.90 Å². The third-order valence-corrected chi connectivity index (χ3v) is 7.47. The molecular formula is C19H27N5O3S. The number of pyridine rings is 1. The zero-order valence-electron chi connectivity index (χ0n) is 16.4. The zero-order chi connectivity index (χ0) is 19.8. The Kier molecular flexibility index (Phi) is 5.15. The molecule has 2 fully saturated rings. The van der Waals surface area contributed by atoms with Gasteiger partial charge in [0.05, 0.1) is 19.3 Å². The van der Waals surface area contributed by atoms with Crippen LogP contribution in [-0.4, -0.2) is 60.3 Å². The van der Waals surface area contributed by atoms with Crippen LogP contribution in [0.25, 0.3) is 0 Å². The molecule has 0 radical (unpaired) electrons. The van der Waals surface area contributed by atoms with E-state index in [9.17, 15) is 8.42 Å². The molecule has 2 aromatic rings. The normalized spacial score (nSPS) is 24.4. The van der Waals surface area contributed by atoms with Crippen LogP contribution in [0.2, 0.25) is 0 Å². The zero-order valence-corrected chi connectivity index (χ0v) is 17.2. The smallest absolute Gasteiger partial charge is 0.244 e. The van der Waals surface area contributed by atoms with Gasteiger partial charge in [0, 0.05) is 44.6 Å². The number of aryl methyl sites for hydroxylation is 1. The van der Waals surface area contributed by atoms with E-state index < -0.39 is 15.6 Å². The van der Waals surface area contributed by atoms with Crippen molar-refractivity contribution in [1.29, 1.82) is 0 Å². The predicted molar refractivity (Wildman–Crippen MR) is 106 cm³/mol. The first-order valence-corrected chi connectivity index (χ1v) is 11.2. The Balaban J connectivity index is 1.52. The number of sulfonamides is 1. The Labute approximate surface area is 166 Å². The minimum atomic E-state index is -3.46. The molecule has 0 N–H and O–H groups in total. The number of ether oxygens (including phenoxy) is 1. The Morgan fingerprint density at radius 1 is 1.11 bits per heavy atom. The second-order valence-electron chi connectivity index (χ2n) is 7.72. The van der Waals surface area contributed by atoms with Crippen molar-refractivity contribution in [2.24, 2.45) is 7.05 Å². The second kappa shape index (κ2) is 7.46. The lowest BCUT2D eigenvalue weighted by atomic mass is 9.97. The van der Waals surface area contributed by atoms with Gasteiger partial charge < -0.3 is 9.64 Å². The topological polar surface area (TPSA) is 80.6 Å². The van der Waals surface area contributed by atoms with Crippen LogP contribution in [0.4, 0.5) is 5.82 Å². The molecule has 8 nitrogen and oxygen atoms in total. The highest BCUT2D eigenvalue weighted by Crippen LogP contribution is 2.31. The van der Waals surface area contributed by atoms with Crippen LogP contribution < -0.4 is 4.90 Å². The first-order valence-electron chi connectivity index (χ1n) is 9.73. The van der Waals surface area contributed by atoms with Gasteiger partial charge in [-0.15, -0.1) is 0 Å². The van der Waals surface area contributed by atoms with Gasteiger partial charge >= 0.3 is 0 Å². The summed E-state index contributed by atoms with van der Waals surface area (Å²) < 4.78 is 35.0. The molecule has 4 heterocycles. The molecule has 2 aromatic heterocycles. The maximum atomic E-state index is 12.8. The first-order chi connectivity index (χ1) is 13.4. The van der Waals surface area contributed by atoms with Crippen LogP contribution in [0.5, 0.6) is 0 Å². The molecule has 1 atom stereocenters. The maximum absolute atomic E-state index is 12.8. The molecule has 28 heavy (non-hydrogen) atoms. The summed E-state index contributed by atoms with van der Waals surface area (Å²) in [4.78, 5) is 6.87. The molecule has 2 saturated heterocycles. The molecule has 0 bridgehead atoms. The predicted octanol–water partition coefficient (Wildman–Crippen LogP) is 1.74.